The first-order chi connectivity index (χ1) is 17.0. The summed E-state index contributed by atoms with van der Waals surface area (Å²) >= 11 is 0. The maximum Gasteiger partial charge on any atom is 0.268 e. The highest BCUT2D eigenvalue weighted by atomic mass is 31.2. The van der Waals surface area contributed by atoms with Crippen molar-refractivity contribution >= 4 is 13.7 Å². The largest absolute Gasteiger partial charge is 0.756 e. The third-order valence-corrected chi connectivity index (χ3v) is 6.96. The molecule has 0 fully saturated rings. The lowest BCUT2D eigenvalue weighted by atomic mass is 10.1. The van der Waals surface area contributed by atoms with Gasteiger partial charge in [0.1, 0.15) is 13.2 Å². The van der Waals surface area contributed by atoms with Crippen LogP contribution < -0.4 is 10.2 Å². The number of unbranched alkanes of at least 4 members (excludes halogenated alkanes) is 11. The first-order valence-electron chi connectivity index (χ1n) is 14.1. The predicted molar refractivity (Wildman–Crippen MR) is 145 cm³/mol. The standard InChI is InChI=1S/C27H55N2O6P/c1-6-8-10-12-13-14-15-17-19-21-27(31)28-25(26(30)20-18-16-11-9-7-2)24-35-36(32,33)34-23-22-29(3,4)5/h18,20,25-26,30H,6-17,19,21-24H2,1-5H3,(H-,28,31,32,33)/b20-18+. The number of nitrogens with one attached hydrogen (secondary N) is 1. The average Bonchev–Trinajstić information content (AvgIpc) is 2.79. The first kappa shape index (κ1) is 35.2. The van der Waals surface area contributed by atoms with Gasteiger partial charge in [-0.3, -0.25) is 9.36 Å². The SMILES string of the molecule is CCCCC/C=C/C(O)C(COP(=O)([O-])OCC[N+](C)(C)C)NC(=O)CCCCCCCCCCC. The third kappa shape index (κ3) is 22.4. The van der Waals surface area contributed by atoms with E-state index in [1.54, 1.807) is 6.08 Å². The van der Waals surface area contributed by atoms with E-state index in [9.17, 15) is 19.4 Å². The van der Waals surface area contributed by atoms with Gasteiger partial charge < -0.3 is 28.8 Å². The highest BCUT2D eigenvalue weighted by Gasteiger charge is 2.23. The van der Waals surface area contributed by atoms with Crippen molar-refractivity contribution in [2.45, 2.75) is 116 Å². The molecule has 0 radical (unpaired) electrons. The molecule has 0 aliphatic heterocycles. The van der Waals surface area contributed by atoms with Crippen LogP contribution in [0.3, 0.4) is 0 Å². The monoisotopic (exact) mass is 534 g/mol. The summed E-state index contributed by atoms with van der Waals surface area (Å²) in [5.74, 6) is -0.211. The van der Waals surface area contributed by atoms with Crippen molar-refractivity contribution in [2.24, 2.45) is 0 Å². The van der Waals surface area contributed by atoms with Crippen LogP contribution in [0.4, 0.5) is 0 Å². The average molecular weight is 535 g/mol. The van der Waals surface area contributed by atoms with Gasteiger partial charge in [-0.05, 0) is 19.3 Å². The maximum absolute atomic E-state index is 12.5. The molecule has 1 amide bonds. The summed E-state index contributed by atoms with van der Waals surface area (Å²) in [7, 11) is 1.25. The Bertz CT molecular complexity index is 624. The molecule has 0 aromatic rings. The van der Waals surface area contributed by atoms with Crippen molar-refractivity contribution in [1.82, 2.24) is 5.32 Å². The molecule has 0 aliphatic carbocycles. The second-order valence-corrected chi connectivity index (χ2v) is 12.2. The Labute approximate surface area is 221 Å². The number of allylic oxidation sites excluding steroid dienone is 1. The Morgan fingerprint density at radius 2 is 1.50 bits per heavy atom. The lowest BCUT2D eigenvalue weighted by Crippen LogP contribution is -2.45. The summed E-state index contributed by atoms with van der Waals surface area (Å²) < 4.78 is 22.7. The van der Waals surface area contributed by atoms with E-state index in [0.717, 1.165) is 44.9 Å². The van der Waals surface area contributed by atoms with Crippen LogP contribution in [0.5, 0.6) is 0 Å². The number of carbonyl (C=O) groups is 1. The first-order valence-corrected chi connectivity index (χ1v) is 15.5. The van der Waals surface area contributed by atoms with Crippen LogP contribution in [0.1, 0.15) is 104 Å². The minimum Gasteiger partial charge on any atom is -0.756 e. The zero-order valence-electron chi connectivity index (χ0n) is 23.7. The van der Waals surface area contributed by atoms with Gasteiger partial charge >= 0.3 is 0 Å². The number of nitrogens with zero attached hydrogens (tertiary/aromatic N) is 1. The number of rotatable bonds is 24. The fourth-order valence-electron chi connectivity index (χ4n) is 3.62. The van der Waals surface area contributed by atoms with E-state index in [1.165, 1.54) is 38.5 Å². The number of aliphatic hydroxyl groups excluding tert-OH is 1. The lowest BCUT2D eigenvalue weighted by Gasteiger charge is -2.29. The van der Waals surface area contributed by atoms with E-state index in [4.69, 9.17) is 9.05 Å². The molecule has 2 N–H and O–H groups in total. The Morgan fingerprint density at radius 3 is 2.08 bits per heavy atom. The molecule has 9 heteroatoms. The summed E-state index contributed by atoms with van der Waals surface area (Å²) in [4.78, 5) is 24.7. The van der Waals surface area contributed by atoms with Gasteiger partial charge in [0.05, 0.1) is 39.9 Å². The van der Waals surface area contributed by atoms with Crippen LogP contribution in [0.15, 0.2) is 12.2 Å². The maximum atomic E-state index is 12.5. The van der Waals surface area contributed by atoms with E-state index < -0.39 is 20.0 Å². The molecule has 3 atom stereocenters. The number of carbonyl (C=O) groups excluding carboxylic acids is 1. The van der Waals surface area contributed by atoms with Crippen molar-refractivity contribution in [3.05, 3.63) is 12.2 Å². The van der Waals surface area contributed by atoms with Gasteiger partial charge in [-0.25, -0.2) is 0 Å². The van der Waals surface area contributed by atoms with Crippen molar-refractivity contribution in [3.8, 4) is 0 Å². The Balaban J connectivity index is 4.63. The third-order valence-electron chi connectivity index (χ3n) is 6.00. The molecule has 0 spiro atoms. The Kier molecular flexibility index (Phi) is 20.8. The molecule has 0 aromatic heterocycles. The summed E-state index contributed by atoms with van der Waals surface area (Å²) in [6.45, 7) is 4.46. The minimum atomic E-state index is -4.55. The van der Waals surface area contributed by atoms with E-state index in [0.29, 0.717) is 17.4 Å². The van der Waals surface area contributed by atoms with Crippen LogP contribution >= 0.6 is 7.82 Å². The molecule has 0 aliphatic rings. The fraction of sp³-hybridized carbons (Fsp3) is 0.889. The number of quaternary nitrogens is 1. The zero-order chi connectivity index (χ0) is 27.3. The fourth-order valence-corrected chi connectivity index (χ4v) is 4.34. The molecule has 0 bridgehead atoms. The number of hydrogen-bond donors (Lipinski definition) is 2. The highest BCUT2D eigenvalue weighted by molar-refractivity contribution is 7.45. The smallest absolute Gasteiger partial charge is 0.268 e. The second kappa shape index (κ2) is 21.2. The zero-order valence-corrected chi connectivity index (χ0v) is 24.6. The minimum absolute atomic E-state index is 0.000206. The van der Waals surface area contributed by atoms with Gasteiger partial charge in [0.15, 0.2) is 0 Å². The van der Waals surface area contributed by atoms with Crippen LogP contribution in [-0.4, -0.2) is 68.5 Å². The van der Waals surface area contributed by atoms with Gasteiger partial charge in [0.25, 0.3) is 7.82 Å². The highest BCUT2D eigenvalue weighted by Crippen LogP contribution is 2.38. The van der Waals surface area contributed by atoms with Gasteiger partial charge in [-0.2, -0.15) is 0 Å². The van der Waals surface area contributed by atoms with Gasteiger partial charge in [0, 0.05) is 6.42 Å². The second-order valence-electron chi connectivity index (χ2n) is 10.8. The Morgan fingerprint density at radius 1 is 0.944 bits per heavy atom. The summed E-state index contributed by atoms with van der Waals surface area (Å²) in [6.07, 6.45) is 17.2. The lowest BCUT2D eigenvalue weighted by molar-refractivity contribution is -0.870. The molecule has 0 aromatic carbocycles. The normalized spacial score (nSPS) is 15.6. The van der Waals surface area contributed by atoms with Crippen molar-refractivity contribution in [1.29, 1.82) is 0 Å². The van der Waals surface area contributed by atoms with E-state index in [2.05, 4.69) is 19.2 Å². The van der Waals surface area contributed by atoms with Crippen LogP contribution in [0.25, 0.3) is 0 Å². The molecule has 0 saturated heterocycles. The van der Waals surface area contributed by atoms with Gasteiger partial charge in [-0.1, -0.05) is 90.2 Å². The quantitative estimate of drug-likeness (QED) is 0.0772. The van der Waals surface area contributed by atoms with Gasteiger partial charge in [0.2, 0.25) is 5.91 Å². The van der Waals surface area contributed by atoms with E-state index in [-0.39, 0.29) is 19.1 Å². The Hall–Kier alpha value is -0.760. The van der Waals surface area contributed by atoms with Crippen LogP contribution in [0, 0.1) is 0 Å². The van der Waals surface area contributed by atoms with Crippen molar-refractivity contribution < 1.29 is 32.9 Å². The molecular formula is C27H55N2O6P. The molecule has 8 nitrogen and oxygen atoms in total. The van der Waals surface area contributed by atoms with Gasteiger partial charge in [-0.15, -0.1) is 0 Å². The molecule has 0 rings (SSSR count). The predicted octanol–water partition coefficient (Wildman–Crippen LogP) is 5.10. The molecule has 214 valence electrons. The van der Waals surface area contributed by atoms with E-state index >= 15 is 0 Å². The number of amides is 1. The molecule has 0 saturated carbocycles. The number of aliphatic hydroxyl groups is 1. The number of likely N-dealkylation sites (N-methyl/N-ethyl adjacent to an activating group) is 1. The molecule has 36 heavy (non-hydrogen) atoms. The molecule has 0 heterocycles. The van der Waals surface area contributed by atoms with E-state index in [1.807, 2.05) is 27.2 Å². The van der Waals surface area contributed by atoms with Crippen LogP contribution in [0.2, 0.25) is 0 Å². The van der Waals surface area contributed by atoms with Crippen molar-refractivity contribution in [2.75, 3.05) is 40.9 Å². The molecule has 3 unspecified atom stereocenters. The van der Waals surface area contributed by atoms with Crippen molar-refractivity contribution in [3.63, 3.8) is 0 Å². The number of hydrogen-bond acceptors (Lipinski definition) is 6. The summed E-state index contributed by atoms with van der Waals surface area (Å²) in [5, 5.41) is 13.4. The topological polar surface area (TPSA) is 108 Å². The summed E-state index contributed by atoms with van der Waals surface area (Å²) in [5.41, 5.74) is 0. The molecular weight excluding hydrogens is 479 g/mol. The number of phosphoric acid groups is 1. The summed E-state index contributed by atoms with van der Waals surface area (Å²) in [6, 6.07) is -0.872. The number of phosphoric ester groups is 1. The van der Waals surface area contributed by atoms with Crippen LogP contribution in [-0.2, 0) is 18.4 Å².